The molecule has 0 fully saturated rings. The van der Waals surface area contributed by atoms with Crippen molar-refractivity contribution in [2.24, 2.45) is 0 Å². The van der Waals surface area contributed by atoms with E-state index < -0.39 is 10.7 Å². The molecule has 4 aromatic rings. The van der Waals surface area contributed by atoms with Crippen LogP contribution in [0.4, 0.5) is 5.82 Å². The molecule has 0 bridgehead atoms. The molecule has 7 nitrogen and oxygen atoms in total. The van der Waals surface area contributed by atoms with Gasteiger partial charge in [-0.25, -0.2) is 14.6 Å². The van der Waals surface area contributed by atoms with Crippen LogP contribution in [0.5, 0.6) is 0 Å². The van der Waals surface area contributed by atoms with Crippen LogP contribution in [-0.2, 0) is 17.8 Å². The summed E-state index contributed by atoms with van der Waals surface area (Å²) in [6, 6.07) is 14.1. The maximum atomic E-state index is 11.4. The number of thiazole rings is 1. The lowest BCUT2D eigenvalue weighted by molar-refractivity contribution is -0.138. The molecular formula is C25H27N5O2S2. The molecule has 0 saturated carbocycles. The number of aromatic nitrogens is 4. The largest absolute Gasteiger partial charge is 0.480 e. The van der Waals surface area contributed by atoms with Gasteiger partial charge in [-0.05, 0) is 44.5 Å². The number of para-hydroxylation sites is 1. The Bertz CT molecular complexity index is 1240. The summed E-state index contributed by atoms with van der Waals surface area (Å²) in [6.07, 6.45) is 6.54. The summed E-state index contributed by atoms with van der Waals surface area (Å²) in [7, 11) is 0. The number of benzene rings is 1. The second kappa shape index (κ2) is 10.4. The summed E-state index contributed by atoms with van der Waals surface area (Å²) in [5.41, 5.74) is 4.17. The van der Waals surface area contributed by atoms with Gasteiger partial charge in [-0.1, -0.05) is 36.0 Å². The lowest BCUT2D eigenvalue weighted by atomic mass is 10.2. The number of hydrogen-bond acceptors (Lipinski definition) is 7. The molecule has 0 spiro atoms. The Morgan fingerprint density at radius 3 is 2.68 bits per heavy atom. The van der Waals surface area contributed by atoms with E-state index in [1.54, 1.807) is 13.8 Å². The van der Waals surface area contributed by atoms with Crippen molar-refractivity contribution in [2.45, 2.75) is 42.8 Å². The molecule has 0 aliphatic heterocycles. The Balaban J connectivity index is 1.48. The topological polar surface area (TPSA) is 84.1 Å². The fourth-order valence-corrected chi connectivity index (χ4v) is 5.49. The molecule has 3 heterocycles. The van der Waals surface area contributed by atoms with E-state index in [1.807, 2.05) is 72.0 Å². The van der Waals surface area contributed by atoms with Crippen molar-refractivity contribution in [3.63, 3.8) is 0 Å². The molecule has 1 aromatic carbocycles. The van der Waals surface area contributed by atoms with Gasteiger partial charge in [0, 0.05) is 42.8 Å². The molecule has 0 radical (unpaired) electrons. The van der Waals surface area contributed by atoms with Crippen molar-refractivity contribution in [3.05, 3.63) is 83.3 Å². The first-order valence-electron chi connectivity index (χ1n) is 10.9. The number of nitrogens with zero attached hydrogens (tertiary/aromatic N) is 5. The normalized spacial score (nSPS) is 11.5. The van der Waals surface area contributed by atoms with Crippen molar-refractivity contribution in [3.8, 4) is 5.69 Å². The van der Waals surface area contributed by atoms with Gasteiger partial charge in [-0.3, -0.25) is 4.79 Å². The number of aryl methyl sites for hydroxylation is 1. The maximum Gasteiger partial charge on any atom is 0.319 e. The first-order chi connectivity index (χ1) is 16.3. The predicted octanol–water partition coefficient (Wildman–Crippen LogP) is 5.24. The molecule has 0 amide bonds. The van der Waals surface area contributed by atoms with Crippen molar-refractivity contribution in [1.82, 2.24) is 19.7 Å². The molecule has 176 valence electrons. The SMILES string of the molecule is Cc1ccc(N(CCc2csc(SC(C)(C)C(=O)O)n2)Cc2cnn(-c3ccccc3)c2)nc1. The lowest BCUT2D eigenvalue weighted by Crippen LogP contribution is -2.27. The average Bonchev–Trinajstić information content (AvgIpc) is 3.47. The number of anilines is 1. The fraction of sp³-hybridized carbons (Fsp3) is 0.280. The van der Waals surface area contributed by atoms with Crippen LogP contribution < -0.4 is 4.90 Å². The Kier molecular flexibility index (Phi) is 7.33. The Hall–Kier alpha value is -3.17. The van der Waals surface area contributed by atoms with Gasteiger partial charge in [0.25, 0.3) is 0 Å². The molecule has 0 aliphatic rings. The van der Waals surface area contributed by atoms with Crippen LogP contribution in [0.15, 0.2) is 70.8 Å². The van der Waals surface area contributed by atoms with E-state index in [1.165, 1.54) is 23.1 Å². The molecule has 1 N–H and O–H groups in total. The Morgan fingerprint density at radius 2 is 1.97 bits per heavy atom. The third-order valence-electron chi connectivity index (χ3n) is 5.28. The number of pyridine rings is 1. The van der Waals surface area contributed by atoms with Crippen LogP contribution in [-0.4, -0.2) is 42.1 Å². The van der Waals surface area contributed by atoms with Gasteiger partial charge in [0.15, 0.2) is 4.34 Å². The monoisotopic (exact) mass is 493 g/mol. The van der Waals surface area contributed by atoms with Crippen LogP contribution in [0.2, 0.25) is 0 Å². The zero-order valence-electron chi connectivity index (χ0n) is 19.4. The summed E-state index contributed by atoms with van der Waals surface area (Å²) in [4.78, 5) is 23.0. The Morgan fingerprint density at radius 1 is 1.18 bits per heavy atom. The maximum absolute atomic E-state index is 11.4. The van der Waals surface area contributed by atoms with Gasteiger partial charge in [-0.15, -0.1) is 11.3 Å². The summed E-state index contributed by atoms with van der Waals surface area (Å²) < 4.78 is 1.74. The van der Waals surface area contributed by atoms with Crippen LogP contribution in [0.3, 0.4) is 0 Å². The molecule has 3 aromatic heterocycles. The molecule has 0 aliphatic carbocycles. The van der Waals surface area contributed by atoms with Crippen molar-refractivity contribution < 1.29 is 9.90 Å². The highest BCUT2D eigenvalue weighted by Gasteiger charge is 2.29. The fourth-order valence-electron chi connectivity index (χ4n) is 3.27. The van der Waals surface area contributed by atoms with E-state index in [-0.39, 0.29) is 0 Å². The third kappa shape index (κ3) is 6.03. The quantitative estimate of drug-likeness (QED) is 0.303. The standard InChI is InChI=1S/C25H27N5O2S2/c1-18-9-10-22(26-13-18)29(15-19-14-27-30(16-19)21-7-5-4-6-8-21)12-11-20-17-33-24(28-20)34-25(2,3)23(31)32/h4-10,13-14,16-17H,11-12,15H2,1-3H3,(H,31,32). The van der Waals surface area contributed by atoms with E-state index >= 15 is 0 Å². The minimum atomic E-state index is -0.911. The minimum absolute atomic E-state index is 0.667. The molecule has 0 unspecified atom stereocenters. The van der Waals surface area contributed by atoms with Crippen molar-refractivity contribution in [2.75, 3.05) is 11.4 Å². The van der Waals surface area contributed by atoms with Crippen LogP contribution in [0, 0.1) is 6.92 Å². The molecule has 4 rings (SSSR count). The summed E-state index contributed by atoms with van der Waals surface area (Å²) in [6.45, 7) is 6.81. The van der Waals surface area contributed by atoms with E-state index in [0.29, 0.717) is 6.54 Å². The van der Waals surface area contributed by atoms with Gasteiger partial charge >= 0.3 is 5.97 Å². The highest BCUT2D eigenvalue weighted by atomic mass is 32.2. The zero-order chi connectivity index (χ0) is 24.1. The third-order valence-corrected chi connectivity index (χ3v) is 7.45. The van der Waals surface area contributed by atoms with Crippen LogP contribution in [0.1, 0.15) is 30.7 Å². The second-order valence-electron chi connectivity index (χ2n) is 8.52. The molecule has 9 heteroatoms. The first-order valence-corrected chi connectivity index (χ1v) is 12.6. The van der Waals surface area contributed by atoms with E-state index in [4.69, 9.17) is 0 Å². The van der Waals surface area contributed by atoms with Gasteiger partial charge in [0.05, 0.1) is 17.6 Å². The van der Waals surface area contributed by atoms with Gasteiger partial charge in [0.1, 0.15) is 10.6 Å². The smallest absolute Gasteiger partial charge is 0.319 e. The number of carboxylic acid groups (broad SMARTS) is 1. The number of thioether (sulfide) groups is 1. The first kappa shape index (κ1) is 24.0. The predicted molar refractivity (Wildman–Crippen MR) is 137 cm³/mol. The minimum Gasteiger partial charge on any atom is -0.480 e. The zero-order valence-corrected chi connectivity index (χ0v) is 21.0. The number of carbonyl (C=O) groups is 1. The molecule has 0 saturated heterocycles. The van der Waals surface area contributed by atoms with Gasteiger partial charge in [-0.2, -0.15) is 5.10 Å². The number of carboxylic acids is 1. The van der Waals surface area contributed by atoms with Crippen LogP contribution in [0.25, 0.3) is 5.69 Å². The van der Waals surface area contributed by atoms with E-state index in [2.05, 4.69) is 26.0 Å². The van der Waals surface area contributed by atoms with E-state index in [9.17, 15) is 9.90 Å². The highest BCUT2D eigenvalue weighted by molar-refractivity contribution is 8.03. The summed E-state index contributed by atoms with van der Waals surface area (Å²) >= 11 is 2.77. The van der Waals surface area contributed by atoms with Crippen molar-refractivity contribution in [1.29, 1.82) is 0 Å². The van der Waals surface area contributed by atoms with Gasteiger partial charge < -0.3 is 10.0 Å². The second-order valence-corrected chi connectivity index (χ2v) is 11.2. The van der Waals surface area contributed by atoms with Gasteiger partial charge in [0.2, 0.25) is 0 Å². The molecular weight excluding hydrogens is 466 g/mol. The summed E-state index contributed by atoms with van der Waals surface area (Å²) in [5.74, 6) is 0.0526. The average molecular weight is 494 g/mol. The molecule has 0 atom stereocenters. The van der Waals surface area contributed by atoms with Crippen LogP contribution >= 0.6 is 23.1 Å². The summed E-state index contributed by atoms with van der Waals surface area (Å²) in [5, 5.41) is 15.9. The molecule has 34 heavy (non-hydrogen) atoms. The number of aliphatic carboxylic acids is 1. The number of rotatable bonds is 10. The van der Waals surface area contributed by atoms with Crippen molar-refractivity contribution >= 4 is 34.9 Å². The lowest BCUT2D eigenvalue weighted by Gasteiger charge is -2.23. The van der Waals surface area contributed by atoms with E-state index in [0.717, 1.165) is 45.6 Å². The number of hydrogen-bond donors (Lipinski definition) is 1. The Labute approximate surface area is 207 Å². The highest BCUT2D eigenvalue weighted by Crippen LogP contribution is 2.34.